The van der Waals surface area contributed by atoms with E-state index in [4.69, 9.17) is 4.74 Å². The molecular formula is C15H22F2N2O. The first kappa shape index (κ1) is 15.4. The van der Waals surface area contributed by atoms with Gasteiger partial charge >= 0.3 is 0 Å². The summed E-state index contributed by atoms with van der Waals surface area (Å²) in [5.74, 6) is -2.81. The summed E-state index contributed by atoms with van der Waals surface area (Å²) in [6.45, 7) is 4.69. The predicted octanol–water partition coefficient (Wildman–Crippen LogP) is 2.09. The molecule has 1 N–H and O–H groups in total. The summed E-state index contributed by atoms with van der Waals surface area (Å²) >= 11 is 0. The van der Waals surface area contributed by atoms with Crippen LogP contribution in [0.3, 0.4) is 0 Å². The highest BCUT2D eigenvalue weighted by atomic mass is 19.3. The van der Waals surface area contributed by atoms with Crippen molar-refractivity contribution in [3.05, 3.63) is 35.9 Å². The number of rotatable bonds is 7. The molecule has 1 aliphatic rings. The van der Waals surface area contributed by atoms with E-state index >= 15 is 0 Å². The van der Waals surface area contributed by atoms with Gasteiger partial charge in [-0.1, -0.05) is 30.3 Å². The van der Waals surface area contributed by atoms with Crippen LogP contribution in [0.4, 0.5) is 8.78 Å². The molecule has 20 heavy (non-hydrogen) atoms. The third-order valence-corrected chi connectivity index (χ3v) is 3.47. The quantitative estimate of drug-likeness (QED) is 0.776. The first-order valence-electron chi connectivity index (χ1n) is 7.13. The van der Waals surface area contributed by atoms with Crippen LogP contribution in [0.5, 0.6) is 0 Å². The van der Waals surface area contributed by atoms with E-state index in [9.17, 15) is 8.78 Å². The molecule has 0 bridgehead atoms. The van der Waals surface area contributed by atoms with Crippen LogP contribution in [0, 0.1) is 0 Å². The van der Waals surface area contributed by atoms with Crippen LogP contribution >= 0.6 is 0 Å². The smallest absolute Gasteiger partial charge is 0.285 e. The van der Waals surface area contributed by atoms with E-state index in [0.29, 0.717) is 6.54 Å². The third kappa shape index (κ3) is 4.81. The normalized spacial score (nSPS) is 17.3. The number of hydrogen-bond donors (Lipinski definition) is 1. The summed E-state index contributed by atoms with van der Waals surface area (Å²) in [6.07, 6.45) is 0.880. The van der Waals surface area contributed by atoms with Crippen molar-refractivity contribution in [3.8, 4) is 0 Å². The van der Waals surface area contributed by atoms with Crippen LogP contribution in [0.15, 0.2) is 30.3 Å². The third-order valence-electron chi connectivity index (χ3n) is 3.47. The summed E-state index contributed by atoms with van der Waals surface area (Å²) in [6, 6.07) is 7.96. The molecule has 3 nitrogen and oxygen atoms in total. The van der Waals surface area contributed by atoms with Gasteiger partial charge in [-0.15, -0.1) is 0 Å². The van der Waals surface area contributed by atoms with Gasteiger partial charge in [0.05, 0.1) is 19.8 Å². The highest BCUT2D eigenvalue weighted by Crippen LogP contribution is 2.26. The number of halogens is 2. The zero-order chi connectivity index (χ0) is 14.3. The highest BCUT2D eigenvalue weighted by Gasteiger charge is 2.30. The Hall–Kier alpha value is -1.04. The Labute approximate surface area is 118 Å². The average molecular weight is 284 g/mol. The summed E-state index contributed by atoms with van der Waals surface area (Å²) < 4.78 is 33.0. The van der Waals surface area contributed by atoms with Crippen LogP contribution in [0.1, 0.15) is 12.0 Å². The van der Waals surface area contributed by atoms with Gasteiger partial charge in [-0.05, 0) is 19.5 Å². The molecule has 1 heterocycles. The lowest BCUT2D eigenvalue weighted by atomic mass is 10.1. The van der Waals surface area contributed by atoms with E-state index < -0.39 is 5.92 Å². The number of morpholine rings is 1. The summed E-state index contributed by atoms with van der Waals surface area (Å²) in [7, 11) is 0. The number of ether oxygens (including phenoxy) is 1. The predicted molar refractivity (Wildman–Crippen MR) is 75.1 cm³/mol. The molecule has 1 fully saturated rings. The largest absolute Gasteiger partial charge is 0.379 e. The van der Waals surface area contributed by atoms with Gasteiger partial charge in [0.2, 0.25) is 0 Å². The molecule has 1 aliphatic heterocycles. The molecule has 0 aliphatic carbocycles. The summed E-state index contributed by atoms with van der Waals surface area (Å²) in [4.78, 5) is 2.31. The van der Waals surface area contributed by atoms with Gasteiger partial charge in [0, 0.05) is 18.7 Å². The molecule has 1 aromatic carbocycles. The zero-order valence-electron chi connectivity index (χ0n) is 11.7. The number of nitrogens with one attached hydrogen (secondary N) is 1. The molecule has 1 aromatic rings. The molecule has 0 saturated carbocycles. The summed E-state index contributed by atoms with van der Waals surface area (Å²) in [5, 5.41) is 2.86. The van der Waals surface area contributed by atoms with Crippen molar-refractivity contribution in [1.29, 1.82) is 0 Å². The topological polar surface area (TPSA) is 24.5 Å². The van der Waals surface area contributed by atoms with Crippen LogP contribution in [-0.2, 0) is 10.7 Å². The molecular weight excluding hydrogens is 262 g/mol. The van der Waals surface area contributed by atoms with E-state index in [-0.39, 0.29) is 12.1 Å². The maximum absolute atomic E-state index is 13.8. The van der Waals surface area contributed by atoms with Gasteiger partial charge in [0.1, 0.15) is 0 Å². The fourth-order valence-corrected chi connectivity index (χ4v) is 2.28. The van der Waals surface area contributed by atoms with Crippen molar-refractivity contribution in [3.63, 3.8) is 0 Å². The molecule has 0 unspecified atom stereocenters. The Kier molecular flexibility index (Phi) is 5.88. The lowest BCUT2D eigenvalue weighted by Gasteiger charge is -2.26. The molecule has 0 spiro atoms. The van der Waals surface area contributed by atoms with Crippen LogP contribution in [0.25, 0.3) is 0 Å². The lowest BCUT2D eigenvalue weighted by Crippen LogP contribution is -2.38. The molecule has 0 aromatic heterocycles. The molecule has 112 valence electrons. The van der Waals surface area contributed by atoms with Gasteiger partial charge < -0.3 is 10.1 Å². The Morgan fingerprint density at radius 2 is 1.85 bits per heavy atom. The summed E-state index contributed by atoms with van der Waals surface area (Å²) in [5.41, 5.74) is 0.0701. The lowest BCUT2D eigenvalue weighted by molar-refractivity contribution is -0.00344. The van der Waals surface area contributed by atoms with Crippen molar-refractivity contribution in [1.82, 2.24) is 10.2 Å². The first-order valence-corrected chi connectivity index (χ1v) is 7.13. The Balaban J connectivity index is 1.62. The van der Waals surface area contributed by atoms with Crippen molar-refractivity contribution < 1.29 is 13.5 Å². The number of benzene rings is 1. The minimum absolute atomic E-state index is 0.0701. The highest BCUT2D eigenvalue weighted by molar-refractivity contribution is 5.20. The zero-order valence-corrected chi connectivity index (χ0v) is 11.7. The maximum atomic E-state index is 13.8. The Morgan fingerprint density at radius 1 is 1.15 bits per heavy atom. The second-order valence-electron chi connectivity index (χ2n) is 5.05. The van der Waals surface area contributed by atoms with Crippen molar-refractivity contribution in [2.45, 2.75) is 12.3 Å². The monoisotopic (exact) mass is 284 g/mol. The van der Waals surface area contributed by atoms with E-state index in [2.05, 4.69) is 10.2 Å². The SMILES string of the molecule is FC(F)(CNCCCN1CCOCC1)c1ccccc1. The molecule has 0 atom stereocenters. The average Bonchev–Trinajstić information content (AvgIpc) is 2.49. The van der Waals surface area contributed by atoms with E-state index in [1.165, 1.54) is 12.1 Å². The first-order chi connectivity index (χ1) is 9.68. The number of nitrogens with zero attached hydrogens (tertiary/aromatic N) is 1. The molecule has 5 heteroatoms. The van der Waals surface area contributed by atoms with E-state index in [1.54, 1.807) is 18.2 Å². The fourth-order valence-electron chi connectivity index (χ4n) is 2.28. The Bertz CT molecular complexity index is 381. The minimum Gasteiger partial charge on any atom is -0.379 e. The van der Waals surface area contributed by atoms with Gasteiger partial charge in [-0.25, -0.2) is 0 Å². The van der Waals surface area contributed by atoms with Crippen LogP contribution < -0.4 is 5.32 Å². The fraction of sp³-hybridized carbons (Fsp3) is 0.600. The van der Waals surface area contributed by atoms with Crippen molar-refractivity contribution in [2.24, 2.45) is 0 Å². The van der Waals surface area contributed by atoms with E-state index in [1.807, 2.05) is 0 Å². The van der Waals surface area contributed by atoms with Gasteiger partial charge in [0.15, 0.2) is 0 Å². The van der Waals surface area contributed by atoms with Crippen molar-refractivity contribution >= 4 is 0 Å². The standard InChI is InChI=1S/C15H22F2N2O/c16-15(17,14-5-2-1-3-6-14)13-18-7-4-8-19-9-11-20-12-10-19/h1-3,5-6,18H,4,7-13H2. The number of hydrogen-bond acceptors (Lipinski definition) is 3. The molecule has 2 rings (SSSR count). The van der Waals surface area contributed by atoms with Gasteiger partial charge in [0.25, 0.3) is 5.92 Å². The van der Waals surface area contributed by atoms with Gasteiger partial charge in [-0.2, -0.15) is 8.78 Å². The van der Waals surface area contributed by atoms with Gasteiger partial charge in [-0.3, -0.25) is 4.90 Å². The molecule has 0 amide bonds. The van der Waals surface area contributed by atoms with Crippen LogP contribution in [-0.4, -0.2) is 50.8 Å². The maximum Gasteiger partial charge on any atom is 0.285 e. The minimum atomic E-state index is -2.81. The van der Waals surface area contributed by atoms with E-state index in [0.717, 1.165) is 39.3 Å². The molecule has 1 saturated heterocycles. The van der Waals surface area contributed by atoms with Crippen LogP contribution in [0.2, 0.25) is 0 Å². The number of alkyl halides is 2. The Morgan fingerprint density at radius 3 is 2.55 bits per heavy atom. The van der Waals surface area contributed by atoms with Crippen molar-refractivity contribution in [2.75, 3.05) is 45.9 Å². The molecule has 0 radical (unpaired) electrons. The second-order valence-corrected chi connectivity index (χ2v) is 5.05. The second kappa shape index (κ2) is 7.67.